The van der Waals surface area contributed by atoms with Crippen LogP contribution in [-0.4, -0.2) is 18.2 Å². The molecule has 1 atom stereocenters. The fourth-order valence-electron chi connectivity index (χ4n) is 3.09. The SMILES string of the molecule is COC(=O)c1c(NC(=S)NCc2ccc(Cl)cc2)sc2c1CCC(C)C2. The summed E-state index contributed by atoms with van der Waals surface area (Å²) in [5.41, 5.74) is 2.82. The van der Waals surface area contributed by atoms with Crippen molar-refractivity contribution in [2.45, 2.75) is 32.7 Å². The van der Waals surface area contributed by atoms with Gasteiger partial charge in [0.05, 0.1) is 12.7 Å². The summed E-state index contributed by atoms with van der Waals surface area (Å²) in [6.45, 7) is 2.82. The van der Waals surface area contributed by atoms with Crippen LogP contribution in [-0.2, 0) is 24.1 Å². The molecule has 0 radical (unpaired) electrons. The Hall–Kier alpha value is -1.63. The number of anilines is 1. The van der Waals surface area contributed by atoms with Crippen LogP contribution in [0.15, 0.2) is 24.3 Å². The largest absolute Gasteiger partial charge is 0.465 e. The molecule has 0 amide bonds. The van der Waals surface area contributed by atoms with E-state index in [9.17, 15) is 4.79 Å². The number of thiophene rings is 1. The molecule has 7 heteroatoms. The summed E-state index contributed by atoms with van der Waals surface area (Å²) in [7, 11) is 1.42. The lowest BCUT2D eigenvalue weighted by atomic mass is 9.88. The number of nitrogens with one attached hydrogen (secondary N) is 2. The maximum atomic E-state index is 12.3. The van der Waals surface area contributed by atoms with Crippen LogP contribution in [0.2, 0.25) is 5.02 Å². The Kier molecular flexibility index (Phi) is 6.16. The number of carbonyl (C=O) groups is 1. The van der Waals surface area contributed by atoms with Crippen LogP contribution >= 0.6 is 35.2 Å². The highest BCUT2D eigenvalue weighted by atomic mass is 35.5. The molecule has 2 aromatic rings. The van der Waals surface area contributed by atoms with Gasteiger partial charge in [0.2, 0.25) is 0 Å². The van der Waals surface area contributed by atoms with Crippen LogP contribution in [0.25, 0.3) is 0 Å². The van der Waals surface area contributed by atoms with E-state index in [1.165, 1.54) is 12.0 Å². The Bertz CT molecular complexity index is 818. The van der Waals surface area contributed by atoms with Gasteiger partial charge in [0, 0.05) is 16.4 Å². The number of rotatable bonds is 4. The summed E-state index contributed by atoms with van der Waals surface area (Å²) in [6, 6.07) is 7.59. The van der Waals surface area contributed by atoms with Gasteiger partial charge in [0.15, 0.2) is 5.11 Å². The highest BCUT2D eigenvalue weighted by molar-refractivity contribution is 7.80. The van der Waals surface area contributed by atoms with E-state index >= 15 is 0 Å². The van der Waals surface area contributed by atoms with Gasteiger partial charge < -0.3 is 15.4 Å². The van der Waals surface area contributed by atoms with Crippen molar-refractivity contribution in [2.24, 2.45) is 5.92 Å². The van der Waals surface area contributed by atoms with E-state index in [2.05, 4.69) is 17.6 Å². The summed E-state index contributed by atoms with van der Waals surface area (Å²) in [5.74, 6) is 0.328. The zero-order valence-electron chi connectivity index (χ0n) is 14.7. The Morgan fingerprint density at radius 2 is 2.12 bits per heavy atom. The average Bonchev–Trinajstić information content (AvgIpc) is 2.97. The first-order valence-electron chi connectivity index (χ1n) is 8.50. The van der Waals surface area contributed by atoms with Crippen LogP contribution in [0.5, 0.6) is 0 Å². The van der Waals surface area contributed by atoms with Crippen molar-refractivity contribution in [1.29, 1.82) is 0 Å². The third kappa shape index (κ3) is 4.37. The second-order valence-corrected chi connectivity index (χ2v) is 8.43. The first-order valence-corrected chi connectivity index (χ1v) is 10.1. The predicted molar refractivity (Wildman–Crippen MR) is 111 cm³/mol. The summed E-state index contributed by atoms with van der Waals surface area (Å²) < 4.78 is 5.00. The first-order chi connectivity index (χ1) is 12.5. The molecule has 1 aliphatic rings. The van der Waals surface area contributed by atoms with E-state index in [1.807, 2.05) is 24.3 Å². The molecule has 2 N–H and O–H groups in total. The topological polar surface area (TPSA) is 50.4 Å². The van der Waals surface area contributed by atoms with Gasteiger partial charge in [-0.05, 0) is 60.7 Å². The van der Waals surface area contributed by atoms with Crippen LogP contribution in [0, 0.1) is 5.92 Å². The minimum Gasteiger partial charge on any atom is -0.465 e. The molecule has 4 nitrogen and oxygen atoms in total. The molecule has 0 fully saturated rings. The monoisotopic (exact) mass is 408 g/mol. The van der Waals surface area contributed by atoms with E-state index in [0.717, 1.165) is 35.4 Å². The molecule has 0 aliphatic heterocycles. The van der Waals surface area contributed by atoms with E-state index in [-0.39, 0.29) is 5.97 Å². The number of hydrogen-bond donors (Lipinski definition) is 2. The lowest BCUT2D eigenvalue weighted by Crippen LogP contribution is -2.28. The summed E-state index contributed by atoms with van der Waals surface area (Å²) in [4.78, 5) is 13.6. The van der Waals surface area contributed by atoms with Gasteiger partial charge >= 0.3 is 5.97 Å². The standard InChI is InChI=1S/C19H21ClN2O2S2/c1-11-3-8-14-15(9-11)26-17(16(14)18(23)24-2)22-19(25)21-10-12-4-6-13(20)7-5-12/h4-7,11H,3,8-10H2,1-2H3,(H2,21,22,25). The van der Waals surface area contributed by atoms with E-state index in [4.69, 9.17) is 28.6 Å². The second-order valence-electron chi connectivity index (χ2n) is 6.48. The minimum atomic E-state index is -0.306. The zero-order chi connectivity index (χ0) is 18.7. The molecular weight excluding hydrogens is 388 g/mol. The van der Waals surface area contributed by atoms with Crippen molar-refractivity contribution in [1.82, 2.24) is 5.32 Å². The Labute approximate surface area is 167 Å². The van der Waals surface area contributed by atoms with Crippen molar-refractivity contribution in [3.8, 4) is 0 Å². The maximum Gasteiger partial charge on any atom is 0.341 e. The zero-order valence-corrected chi connectivity index (χ0v) is 17.1. The van der Waals surface area contributed by atoms with Crippen molar-refractivity contribution >= 4 is 51.2 Å². The predicted octanol–water partition coefficient (Wildman–Crippen LogP) is 4.80. The number of hydrogen-bond acceptors (Lipinski definition) is 4. The highest BCUT2D eigenvalue weighted by Crippen LogP contribution is 2.40. The highest BCUT2D eigenvalue weighted by Gasteiger charge is 2.28. The fourth-order valence-corrected chi connectivity index (χ4v) is 4.86. The molecule has 138 valence electrons. The van der Waals surface area contributed by atoms with Crippen LogP contribution in [0.4, 0.5) is 5.00 Å². The van der Waals surface area contributed by atoms with Crippen LogP contribution in [0.3, 0.4) is 0 Å². The molecule has 1 unspecified atom stereocenters. The minimum absolute atomic E-state index is 0.306. The molecule has 0 saturated heterocycles. The molecule has 0 saturated carbocycles. The van der Waals surface area contributed by atoms with Crippen molar-refractivity contribution in [2.75, 3.05) is 12.4 Å². The van der Waals surface area contributed by atoms with E-state index in [0.29, 0.717) is 28.2 Å². The summed E-state index contributed by atoms with van der Waals surface area (Å²) >= 11 is 12.9. The molecular formula is C19H21ClN2O2S2. The molecule has 26 heavy (non-hydrogen) atoms. The second kappa shape index (κ2) is 8.37. The van der Waals surface area contributed by atoms with Crippen molar-refractivity contribution in [3.05, 3.63) is 50.9 Å². The number of thiocarbonyl (C=S) groups is 1. The summed E-state index contributed by atoms with van der Waals surface area (Å²) in [5, 5.41) is 8.32. The van der Waals surface area contributed by atoms with Crippen molar-refractivity contribution < 1.29 is 9.53 Å². The number of benzene rings is 1. The lowest BCUT2D eigenvalue weighted by molar-refractivity contribution is 0.0601. The molecule has 3 rings (SSSR count). The molecule has 0 spiro atoms. The molecule has 1 aromatic heterocycles. The van der Waals surface area contributed by atoms with Gasteiger partial charge in [0.1, 0.15) is 5.00 Å². The van der Waals surface area contributed by atoms with E-state index < -0.39 is 0 Å². The number of esters is 1. The quantitative estimate of drug-likeness (QED) is 0.562. The fraction of sp³-hybridized carbons (Fsp3) is 0.368. The van der Waals surface area contributed by atoms with E-state index in [1.54, 1.807) is 11.3 Å². The number of halogens is 1. The average molecular weight is 409 g/mol. The maximum absolute atomic E-state index is 12.3. The Morgan fingerprint density at radius 3 is 2.81 bits per heavy atom. The number of fused-ring (bicyclic) bond motifs is 1. The smallest absolute Gasteiger partial charge is 0.341 e. The van der Waals surface area contributed by atoms with Crippen LogP contribution in [0.1, 0.15) is 39.7 Å². The normalized spacial score (nSPS) is 15.9. The Morgan fingerprint density at radius 1 is 1.38 bits per heavy atom. The first kappa shape index (κ1) is 19.1. The van der Waals surface area contributed by atoms with Gasteiger partial charge in [-0.3, -0.25) is 0 Å². The van der Waals surface area contributed by atoms with Crippen LogP contribution < -0.4 is 10.6 Å². The summed E-state index contributed by atoms with van der Waals surface area (Å²) in [6.07, 6.45) is 2.99. The number of ether oxygens (including phenoxy) is 1. The molecule has 1 aromatic carbocycles. The molecule has 0 bridgehead atoms. The lowest BCUT2D eigenvalue weighted by Gasteiger charge is -2.18. The molecule has 1 heterocycles. The van der Waals surface area contributed by atoms with Gasteiger partial charge in [-0.1, -0.05) is 30.7 Å². The third-order valence-corrected chi connectivity index (χ3v) is 6.16. The van der Waals surface area contributed by atoms with Gasteiger partial charge in [-0.15, -0.1) is 11.3 Å². The van der Waals surface area contributed by atoms with Gasteiger partial charge in [-0.25, -0.2) is 4.79 Å². The number of carbonyl (C=O) groups excluding carboxylic acids is 1. The van der Waals surface area contributed by atoms with Crippen molar-refractivity contribution in [3.63, 3.8) is 0 Å². The molecule has 1 aliphatic carbocycles. The Balaban J connectivity index is 1.73. The van der Waals surface area contributed by atoms with Gasteiger partial charge in [-0.2, -0.15) is 0 Å². The number of methoxy groups -OCH3 is 1. The third-order valence-electron chi connectivity index (χ3n) is 4.49. The van der Waals surface area contributed by atoms with Gasteiger partial charge in [0.25, 0.3) is 0 Å².